The third kappa shape index (κ3) is 4.73. The number of hydrogen-bond donors (Lipinski definition) is 2. The maximum absolute atomic E-state index is 11.2. The molecule has 6 nitrogen and oxygen atoms in total. The number of aryl methyl sites for hydroxylation is 1. The topological polar surface area (TPSA) is 103 Å². The predicted molar refractivity (Wildman–Crippen MR) is 67.5 cm³/mol. The molecule has 0 radical (unpaired) electrons. The summed E-state index contributed by atoms with van der Waals surface area (Å²) in [5, 5.41) is 19.4. The number of nitriles is 1. The molecule has 1 amide bonds. The third-order valence-electron chi connectivity index (χ3n) is 1.88. The van der Waals surface area contributed by atoms with Crippen molar-refractivity contribution in [2.45, 2.75) is 17.7 Å². The Morgan fingerprint density at radius 1 is 1.61 bits per heavy atom. The first-order valence-corrected chi connectivity index (χ1v) is 6.77. The Morgan fingerprint density at radius 3 is 2.94 bits per heavy atom. The van der Waals surface area contributed by atoms with E-state index in [0.29, 0.717) is 14.9 Å². The number of carboxylic acids is 1. The maximum Gasteiger partial charge on any atom is 0.308 e. The predicted octanol–water partition coefficient (Wildman–Crippen LogP) is 0.811. The number of carbonyl (C=O) groups excluding carboxylic acids is 1. The molecule has 1 rings (SSSR count). The van der Waals surface area contributed by atoms with Gasteiger partial charge in [-0.3, -0.25) is 9.59 Å². The summed E-state index contributed by atoms with van der Waals surface area (Å²) >= 11 is 2.51. The first kappa shape index (κ1) is 14.5. The Balaban J connectivity index is 2.51. The van der Waals surface area contributed by atoms with E-state index < -0.39 is 5.97 Å². The first-order valence-electron chi connectivity index (χ1n) is 4.97. The number of nitrogens with one attached hydrogen (secondary N) is 1. The van der Waals surface area contributed by atoms with E-state index >= 15 is 0 Å². The molecule has 0 aliphatic carbocycles. The third-order valence-corrected chi connectivity index (χ3v) is 4.18. The second-order valence-electron chi connectivity index (χ2n) is 3.28. The van der Waals surface area contributed by atoms with Gasteiger partial charge in [-0.1, -0.05) is 11.8 Å². The summed E-state index contributed by atoms with van der Waals surface area (Å²) in [6, 6.07) is 1.81. The molecule has 96 valence electrons. The number of carbonyl (C=O) groups is 2. The second-order valence-corrected chi connectivity index (χ2v) is 5.59. The van der Waals surface area contributed by atoms with E-state index in [2.05, 4.69) is 10.3 Å². The lowest BCUT2D eigenvalue weighted by atomic mass is 10.3. The molecule has 0 saturated heterocycles. The highest BCUT2D eigenvalue weighted by atomic mass is 32.2. The number of amides is 1. The van der Waals surface area contributed by atoms with Gasteiger partial charge in [-0.05, 0) is 6.92 Å². The number of aromatic nitrogens is 1. The Bertz CT molecular complexity index is 493. The number of rotatable bonds is 6. The van der Waals surface area contributed by atoms with Gasteiger partial charge in [-0.15, -0.1) is 11.3 Å². The minimum Gasteiger partial charge on any atom is -0.481 e. The van der Waals surface area contributed by atoms with Gasteiger partial charge in [0.05, 0.1) is 23.9 Å². The van der Waals surface area contributed by atoms with Crippen LogP contribution in [0.2, 0.25) is 0 Å². The van der Waals surface area contributed by atoms with Crippen LogP contribution in [-0.2, 0) is 16.0 Å². The zero-order valence-electron chi connectivity index (χ0n) is 9.60. The van der Waals surface area contributed by atoms with E-state index in [4.69, 9.17) is 10.4 Å². The SMILES string of the molecule is Cc1nc(SCC(=O)NCC#N)sc1CC(=O)O. The smallest absolute Gasteiger partial charge is 0.308 e. The van der Waals surface area contributed by atoms with E-state index in [0.717, 1.165) is 0 Å². The summed E-state index contributed by atoms with van der Waals surface area (Å²) in [4.78, 5) is 26.7. The zero-order chi connectivity index (χ0) is 13.5. The van der Waals surface area contributed by atoms with E-state index in [9.17, 15) is 9.59 Å². The van der Waals surface area contributed by atoms with Crippen LogP contribution < -0.4 is 5.32 Å². The molecule has 1 aromatic rings. The fourth-order valence-electron chi connectivity index (χ4n) is 1.08. The summed E-state index contributed by atoms with van der Waals surface area (Å²) in [6.45, 7) is 1.73. The maximum atomic E-state index is 11.2. The first-order chi connectivity index (χ1) is 8.52. The highest BCUT2D eigenvalue weighted by Gasteiger charge is 2.12. The fourth-order valence-corrected chi connectivity index (χ4v) is 3.14. The standard InChI is InChI=1S/C10H11N3O3S2/c1-6-7(4-9(15)16)18-10(13-6)17-5-8(14)12-3-2-11/h3-5H2,1H3,(H,12,14)(H,15,16). The van der Waals surface area contributed by atoms with Gasteiger partial charge >= 0.3 is 5.97 Å². The van der Waals surface area contributed by atoms with Crippen LogP contribution in [0.3, 0.4) is 0 Å². The van der Waals surface area contributed by atoms with E-state index in [1.54, 1.807) is 6.92 Å². The van der Waals surface area contributed by atoms with Gasteiger partial charge in [0.2, 0.25) is 5.91 Å². The number of thiazole rings is 1. The van der Waals surface area contributed by atoms with Gasteiger partial charge in [0.25, 0.3) is 0 Å². The van der Waals surface area contributed by atoms with Crippen molar-refractivity contribution in [3.63, 3.8) is 0 Å². The monoisotopic (exact) mass is 285 g/mol. The molecule has 18 heavy (non-hydrogen) atoms. The molecule has 0 spiro atoms. The van der Waals surface area contributed by atoms with E-state index in [-0.39, 0.29) is 24.6 Å². The molecule has 0 bridgehead atoms. The number of aliphatic carboxylic acids is 1. The van der Waals surface area contributed by atoms with Crippen LogP contribution in [0, 0.1) is 18.3 Å². The quantitative estimate of drug-likeness (QED) is 0.592. The van der Waals surface area contributed by atoms with Gasteiger partial charge in [-0.2, -0.15) is 5.26 Å². The molecular formula is C10H11N3O3S2. The average Bonchev–Trinajstić information content (AvgIpc) is 2.64. The Labute approximate surface area is 112 Å². The number of hydrogen-bond acceptors (Lipinski definition) is 6. The minimum atomic E-state index is -0.898. The number of thioether (sulfide) groups is 1. The zero-order valence-corrected chi connectivity index (χ0v) is 11.2. The van der Waals surface area contributed by atoms with Crippen molar-refractivity contribution in [1.29, 1.82) is 5.26 Å². The average molecular weight is 285 g/mol. The van der Waals surface area contributed by atoms with E-state index in [1.165, 1.54) is 23.1 Å². The molecule has 0 saturated carbocycles. The molecule has 2 N–H and O–H groups in total. The molecule has 1 heterocycles. The fraction of sp³-hybridized carbons (Fsp3) is 0.400. The van der Waals surface area contributed by atoms with Crippen molar-refractivity contribution >= 4 is 35.0 Å². The molecule has 1 aromatic heterocycles. The van der Waals surface area contributed by atoms with Crippen LogP contribution in [0.15, 0.2) is 4.34 Å². The Morgan fingerprint density at radius 2 is 2.33 bits per heavy atom. The van der Waals surface area contributed by atoms with Gasteiger partial charge in [-0.25, -0.2) is 4.98 Å². The molecule has 0 aliphatic rings. The highest BCUT2D eigenvalue weighted by Crippen LogP contribution is 2.27. The van der Waals surface area contributed by atoms with Crippen molar-refractivity contribution in [2.75, 3.05) is 12.3 Å². The van der Waals surface area contributed by atoms with Crippen molar-refractivity contribution in [3.8, 4) is 6.07 Å². The summed E-state index contributed by atoms with van der Waals surface area (Å²) in [7, 11) is 0. The van der Waals surface area contributed by atoms with Crippen LogP contribution in [0.1, 0.15) is 10.6 Å². The van der Waals surface area contributed by atoms with Crippen molar-refractivity contribution in [2.24, 2.45) is 0 Å². The second kappa shape index (κ2) is 6.98. The minimum absolute atomic E-state index is 0.0133. The Hall–Kier alpha value is -1.59. The van der Waals surface area contributed by atoms with Gasteiger partial charge in [0.1, 0.15) is 6.54 Å². The van der Waals surface area contributed by atoms with Crippen LogP contribution in [-0.4, -0.2) is 34.3 Å². The summed E-state index contributed by atoms with van der Waals surface area (Å²) in [5.41, 5.74) is 0.683. The summed E-state index contributed by atoms with van der Waals surface area (Å²) < 4.78 is 0.663. The number of nitrogens with zero attached hydrogens (tertiary/aromatic N) is 2. The Kier molecular flexibility index (Phi) is 5.61. The van der Waals surface area contributed by atoms with Crippen LogP contribution in [0.5, 0.6) is 0 Å². The largest absolute Gasteiger partial charge is 0.481 e. The van der Waals surface area contributed by atoms with Gasteiger partial charge in [0.15, 0.2) is 4.34 Å². The van der Waals surface area contributed by atoms with Crippen LogP contribution in [0.25, 0.3) is 0 Å². The van der Waals surface area contributed by atoms with Crippen molar-refractivity contribution < 1.29 is 14.7 Å². The van der Waals surface area contributed by atoms with Crippen molar-refractivity contribution in [3.05, 3.63) is 10.6 Å². The normalized spacial score (nSPS) is 9.78. The van der Waals surface area contributed by atoms with Crippen LogP contribution in [0.4, 0.5) is 0 Å². The molecule has 8 heteroatoms. The van der Waals surface area contributed by atoms with E-state index in [1.807, 2.05) is 6.07 Å². The molecule has 0 aliphatic heterocycles. The summed E-state index contributed by atoms with van der Waals surface area (Å²) in [6.07, 6.45) is -0.0509. The van der Waals surface area contributed by atoms with Gasteiger partial charge in [0, 0.05) is 4.88 Å². The molecule has 0 fully saturated rings. The lowest BCUT2D eigenvalue weighted by Crippen LogP contribution is -2.25. The molecule has 0 atom stereocenters. The van der Waals surface area contributed by atoms with Crippen LogP contribution >= 0.6 is 23.1 Å². The van der Waals surface area contributed by atoms with Gasteiger partial charge < -0.3 is 10.4 Å². The highest BCUT2D eigenvalue weighted by molar-refractivity contribution is 8.01. The number of carboxylic acid groups (broad SMARTS) is 1. The molecule has 0 unspecified atom stereocenters. The molecule has 0 aromatic carbocycles. The lowest BCUT2D eigenvalue weighted by molar-refractivity contribution is -0.136. The lowest BCUT2D eigenvalue weighted by Gasteiger charge is -1.97. The molecular weight excluding hydrogens is 274 g/mol. The van der Waals surface area contributed by atoms with Crippen molar-refractivity contribution in [1.82, 2.24) is 10.3 Å². The summed E-state index contributed by atoms with van der Waals surface area (Å²) in [5.74, 6) is -0.972.